The maximum absolute atomic E-state index is 12.9. The molecule has 2 aromatic rings. The average molecular weight is 418 g/mol. The van der Waals surface area contributed by atoms with Gasteiger partial charge in [-0.05, 0) is 64.5 Å². The quantitative estimate of drug-likeness (QED) is 0.536. The molecule has 7 nitrogen and oxygen atoms in total. The summed E-state index contributed by atoms with van der Waals surface area (Å²) in [6.07, 6.45) is 5.30. The molecule has 1 atom stereocenters. The van der Waals surface area contributed by atoms with Gasteiger partial charge in [-0.1, -0.05) is 13.8 Å². The Morgan fingerprint density at radius 3 is 2.47 bits per heavy atom. The molecule has 1 unspecified atom stereocenters. The van der Waals surface area contributed by atoms with Gasteiger partial charge in [-0.3, -0.25) is 9.59 Å². The number of aryl methyl sites for hydroxylation is 1. The third-order valence-electron chi connectivity index (χ3n) is 5.33. The number of furan rings is 2. The van der Waals surface area contributed by atoms with E-state index in [-0.39, 0.29) is 24.3 Å². The zero-order chi connectivity index (χ0) is 21.9. The van der Waals surface area contributed by atoms with Gasteiger partial charge in [0.15, 0.2) is 0 Å². The third-order valence-corrected chi connectivity index (χ3v) is 5.33. The van der Waals surface area contributed by atoms with E-state index in [9.17, 15) is 9.59 Å². The van der Waals surface area contributed by atoms with Crippen LogP contribution < -0.4 is 5.32 Å². The fourth-order valence-electron chi connectivity index (χ4n) is 3.44. The maximum atomic E-state index is 12.9. The molecule has 2 rings (SSSR count). The molecule has 0 aliphatic heterocycles. The van der Waals surface area contributed by atoms with Crippen molar-refractivity contribution in [1.29, 1.82) is 0 Å². The number of rotatable bonds is 13. The molecule has 1 N–H and O–H groups in total. The van der Waals surface area contributed by atoms with Crippen molar-refractivity contribution in [3.63, 3.8) is 0 Å². The van der Waals surface area contributed by atoms with E-state index in [4.69, 9.17) is 8.83 Å². The lowest BCUT2D eigenvalue weighted by Crippen LogP contribution is -2.38. The molecule has 0 bridgehead atoms. The summed E-state index contributed by atoms with van der Waals surface area (Å²) in [4.78, 5) is 29.4. The van der Waals surface area contributed by atoms with Crippen molar-refractivity contribution >= 4 is 11.8 Å². The van der Waals surface area contributed by atoms with Gasteiger partial charge in [-0.25, -0.2) is 0 Å². The number of nitrogens with zero attached hydrogens (tertiary/aromatic N) is 2. The molecule has 0 radical (unpaired) electrons. The minimum Gasteiger partial charge on any atom is -0.469 e. The number of amides is 2. The highest BCUT2D eigenvalue weighted by Crippen LogP contribution is 2.15. The van der Waals surface area contributed by atoms with Crippen molar-refractivity contribution in [2.24, 2.45) is 0 Å². The van der Waals surface area contributed by atoms with Crippen LogP contribution in [0.15, 0.2) is 39.6 Å². The molecule has 30 heavy (non-hydrogen) atoms. The fourth-order valence-corrected chi connectivity index (χ4v) is 3.44. The smallest absolute Gasteiger partial charge is 0.257 e. The van der Waals surface area contributed by atoms with Crippen molar-refractivity contribution in [3.8, 4) is 0 Å². The summed E-state index contributed by atoms with van der Waals surface area (Å²) in [5.74, 6) is 1.02. The molecular weight excluding hydrogens is 382 g/mol. The minimum absolute atomic E-state index is 0.0495. The first-order valence-corrected chi connectivity index (χ1v) is 10.8. The molecular formula is C23H35N3O4. The lowest BCUT2D eigenvalue weighted by molar-refractivity contribution is -0.122. The number of carbonyl (C=O) groups excluding carboxylic acids is 2. The Morgan fingerprint density at radius 2 is 1.87 bits per heavy atom. The highest BCUT2D eigenvalue weighted by Gasteiger charge is 2.21. The summed E-state index contributed by atoms with van der Waals surface area (Å²) in [5, 5.41) is 3.05. The second-order valence-corrected chi connectivity index (χ2v) is 7.58. The molecule has 0 aliphatic carbocycles. The Balaban J connectivity index is 1.85. The Bertz CT molecular complexity index is 765. The lowest BCUT2D eigenvalue weighted by Gasteiger charge is -2.22. The monoisotopic (exact) mass is 417 g/mol. The average Bonchev–Trinajstić information content (AvgIpc) is 3.39. The molecule has 0 aromatic carbocycles. The highest BCUT2D eigenvalue weighted by atomic mass is 16.3. The van der Waals surface area contributed by atoms with Crippen LogP contribution in [0.25, 0.3) is 0 Å². The first kappa shape index (κ1) is 23.7. The van der Waals surface area contributed by atoms with Crippen LogP contribution in [0.3, 0.4) is 0 Å². The predicted molar refractivity (Wildman–Crippen MR) is 116 cm³/mol. The standard InChI is InChI=1S/C23H35N3O4/c1-5-25(6-2)13-7-9-18(3)24-22(27)11-14-26(17-20-10-8-15-30-20)23(28)21-12-16-29-19(21)4/h8,10,12,15-16,18H,5-7,9,11,13-14,17H2,1-4H3,(H,24,27). The van der Waals surface area contributed by atoms with Gasteiger partial charge in [0.05, 0.1) is 24.6 Å². The van der Waals surface area contributed by atoms with Crippen LogP contribution in [0, 0.1) is 6.92 Å². The van der Waals surface area contributed by atoms with Crippen LogP contribution in [0.2, 0.25) is 0 Å². The summed E-state index contributed by atoms with van der Waals surface area (Å²) >= 11 is 0. The molecule has 166 valence electrons. The van der Waals surface area contributed by atoms with E-state index in [0.717, 1.165) is 32.5 Å². The second kappa shape index (κ2) is 12.2. The van der Waals surface area contributed by atoms with Crippen LogP contribution in [-0.4, -0.2) is 53.8 Å². The molecule has 0 saturated carbocycles. The van der Waals surface area contributed by atoms with Gasteiger partial charge in [-0.2, -0.15) is 0 Å². The lowest BCUT2D eigenvalue weighted by atomic mass is 10.1. The Labute approximate surface area is 179 Å². The van der Waals surface area contributed by atoms with Crippen LogP contribution >= 0.6 is 0 Å². The van der Waals surface area contributed by atoms with Crippen LogP contribution in [-0.2, 0) is 11.3 Å². The van der Waals surface area contributed by atoms with E-state index >= 15 is 0 Å². The van der Waals surface area contributed by atoms with Gasteiger partial charge in [0.1, 0.15) is 11.5 Å². The summed E-state index contributed by atoms with van der Waals surface area (Å²) < 4.78 is 10.7. The van der Waals surface area contributed by atoms with E-state index in [0.29, 0.717) is 30.2 Å². The highest BCUT2D eigenvalue weighted by molar-refractivity contribution is 5.95. The normalized spacial score (nSPS) is 12.2. The SMILES string of the molecule is CCN(CC)CCCC(C)NC(=O)CCN(Cc1ccco1)C(=O)c1ccoc1C. The number of carbonyl (C=O) groups is 2. The van der Waals surface area contributed by atoms with Crippen molar-refractivity contribution in [2.45, 2.75) is 59.5 Å². The molecule has 0 aliphatic rings. The van der Waals surface area contributed by atoms with Gasteiger partial charge in [-0.15, -0.1) is 0 Å². The van der Waals surface area contributed by atoms with Gasteiger partial charge in [0.2, 0.25) is 5.91 Å². The van der Waals surface area contributed by atoms with Gasteiger partial charge in [0.25, 0.3) is 5.91 Å². The number of nitrogens with one attached hydrogen (secondary N) is 1. The molecule has 7 heteroatoms. The van der Waals surface area contributed by atoms with Gasteiger partial charge < -0.3 is 24.0 Å². The molecule has 0 spiro atoms. The van der Waals surface area contributed by atoms with Gasteiger partial charge in [0, 0.05) is 19.0 Å². The summed E-state index contributed by atoms with van der Waals surface area (Å²) in [6.45, 7) is 11.9. The van der Waals surface area contributed by atoms with E-state index in [1.165, 1.54) is 6.26 Å². The molecule has 0 fully saturated rings. The summed E-state index contributed by atoms with van der Waals surface area (Å²) in [7, 11) is 0. The Hall–Kier alpha value is -2.54. The van der Waals surface area contributed by atoms with Crippen molar-refractivity contribution in [1.82, 2.24) is 15.1 Å². The predicted octanol–water partition coefficient (Wildman–Crippen LogP) is 3.84. The first-order valence-electron chi connectivity index (χ1n) is 10.8. The van der Waals surface area contributed by atoms with Crippen molar-refractivity contribution in [3.05, 3.63) is 47.8 Å². The van der Waals surface area contributed by atoms with Crippen molar-refractivity contribution < 1.29 is 18.4 Å². The molecule has 0 saturated heterocycles. The summed E-state index contributed by atoms with van der Waals surface area (Å²) in [5.41, 5.74) is 0.506. The first-order chi connectivity index (χ1) is 14.4. The van der Waals surface area contributed by atoms with Gasteiger partial charge >= 0.3 is 0 Å². The largest absolute Gasteiger partial charge is 0.469 e. The number of hydrogen-bond donors (Lipinski definition) is 1. The van der Waals surface area contributed by atoms with E-state index in [1.54, 1.807) is 30.2 Å². The zero-order valence-electron chi connectivity index (χ0n) is 18.6. The zero-order valence-corrected chi connectivity index (χ0v) is 18.6. The minimum atomic E-state index is -0.169. The molecule has 2 aromatic heterocycles. The molecule has 2 heterocycles. The van der Waals surface area contributed by atoms with E-state index in [2.05, 4.69) is 24.1 Å². The van der Waals surface area contributed by atoms with Crippen molar-refractivity contribution in [2.75, 3.05) is 26.2 Å². The Kier molecular flexibility index (Phi) is 9.67. The topological polar surface area (TPSA) is 78.9 Å². The van der Waals surface area contributed by atoms with E-state index in [1.807, 2.05) is 13.0 Å². The summed E-state index contributed by atoms with van der Waals surface area (Å²) in [6, 6.07) is 5.37. The third kappa shape index (κ3) is 7.37. The maximum Gasteiger partial charge on any atom is 0.257 e. The fraction of sp³-hybridized carbons (Fsp3) is 0.565. The van der Waals surface area contributed by atoms with Crippen LogP contribution in [0.1, 0.15) is 61.9 Å². The Morgan fingerprint density at radius 1 is 1.10 bits per heavy atom. The van der Waals surface area contributed by atoms with Crippen LogP contribution in [0.4, 0.5) is 0 Å². The molecule has 2 amide bonds. The van der Waals surface area contributed by atoms with Crippen LogP contribution in [0.5, 0.6) is 0 Å². The second-order valence-electron chi connectivity index (χ2n) is 7.58. The van der Waals surface area contributed by atoms with E-state index < -0.39 is 0 Å². The number of hydrogen-bond acceptors (Lipinski definition) is 5.